The maximum Gasteiger partial charge on any atom is 0.277 e. The first-order valence-corrected chi connectivity index (χ1v) is 7.67. The largest absolute Gasteiger partial charge is 0.490 e. The second-order valence-electron chi connectivity index (χ2n) is 4.81. The Balaban J connectivity index is 2.97. The molecule has 1 aromatic carbocycles. The van der Waals surface area contributed by atoms with E-state index >= 15 is 0 Å². The zero-order valence-electron chi connectivity index (χ0n) is 13.1. The number of carbonyl (C=O) groups excluding carboxylic acids is 1. The molecule has 0 aliphatic carbocycles. The molecule has 1 aromatic rings. The van der Waals surface area contributed by atoms with Gasteiger partial charge in [0.2, 0.25) is 0 Å². The van der Waals surface area contributed by atoms with Gasteiger partial charge in [-0.2, -0.15) is 0 Å². The van der Waals surface area contributed by atoms with Crippen molar-refractivity contribution in [2.75, 3.05) is 26.3 Å². The Hall–Kier alpha value is -1.60. The second kappa shape index (κ2) is 8.88. The topological polar surface area (TPSA) is 73.6 Å². The van der Waals surface area contributed by atoms with Crippen molar-refractivity contribution in [1.29, 1.82) is 0 Å². The number of ether oxygens (including phenoxy) is 2. The van der Waals surface area contributed by atoms with Crippen molar-refractivity contribution in [2.24, 2.45) is 5.73 Å². The summed E-state index contributed by atoms with van der Waals surface area (Å²) in [7, 11) is 0. The summed E-state index contributed by atoms with van der Waals surface area (Å²) in [5.41, 5.74) is 5.03. The lowest BCUT2D eigenvalue weighted by atomic mass is 10.1. The molecule has 0 saturated carbocycles. The average molecular weight is 351 g/mol. The Kier molecular flexibility index (Phi) is 7.51. The molecule has 0 atom stereocenters. The van der Waals surface area contributed by atoms with E-state index in [1.54, 1.807) is 6.92 Å². The summed E-state index contributed by atoms with van der Waals surface area (Å²) in [6.07, 6.45) is 0.776. The second-order valence-corrected chi connectivity index (χ2v) is 5.22. The summed E-state index contributed by atoms with van der Waals surface area (Å²) in [5.74, 6) is -3.22. The Morgan fingerprint density at radius 3 is 2.61 bits per heavy atom. The number of hydrogen-bond acceptors (Lipinski definition) is 4. The van der Waals surface area contributed by atoms with Crippen LogP contribution in [0.3, 0.4) is 0 Å². The summed E-state index contributed by atoms with van der Waals surface area (Å²) in [5, 5.41) is 2.31. The third-order valence-electron chi connectivity index (χ3n) is 2.83. The molecule has 130 valence electrons. The molecule has 0 unspecified atom stereocenters. The van der Waals surface area contributed by atoms with Gasteiger partial charge >= 0.3 is 0 Å². The van der Waals surface area contributed by atoms with Gasteiger partial charge in [0.05, 0.1) is 31.3 Å². The zero-order chi connectivity index (χ0) is 17.5. The third kappa shape index (κ3) is 5.84. The summed E-state index contributed by atoms with van der Waals surface area (Å²) in [4.78, 5) is 12.0. The smallest absolute Gasteiger partial charge is 0.277 e. The van der Waals surface area contributed by atoms with Gasteiger partial charge in [-0.25, -0.2) is 8.78 Å². The van der Waals surface area contributed by atoms with Crippen LogP contribution >= 0.6 is 11.6 Å². The van der Waals surface area contributed by atoms with Gasteiger partial charge < -0.3 is 20.5 Å². The Morgan fingerprint density at radius 2 is 2.04 bits per heavy atom. The van der Waals surface area contributed by atoms with Crippen LogP contribution in [0.15, 0.2) is 12.1 Å². The van der Waals surface area contributed by atoms with Crippen LogP contribution in [0.1, 0.15) is 30.6 Å². The lowest BCUT2D eigenvalue weighted by Gasteiger charge is -2.16. The Labute approximate surface area is 139 Å². The van der Waals surface area contributed by atoms with Crippen molar-refractivity contribution in [3.63, 3.8) is 0 Å². The number of amides is 1. The van der Waals surface area contributed by atoms with Crippen LogP contribution in [0, 0.1) is 0 Å². The number of nitrogens with one attached hydrogen (secondary N) is 1. The van der Waals surface area contributed by atoms with Crippen molar-refractivity contribution in [3.8, 4) is 11.5 Å². The van der Waals surface area contributed by atoms with Gasteiger partial charge in [-0.15, -0.1) is 0 Å². The first-order chi connectivity index (χ1) is 10.8. The molecule has 8 heteroatoms. The standard InChI is InChI=1S/C15H21ClF2N2O3/c1-3-5-23-13-11(16)6-10(7-12(13)22-4-2)14(21)20-9-15(17,18)8-19/h6-7H,3-5,8-9,19H2,1-2H3,(H,20,21). The van der Waals surface area contributed by atoms with E-state index in [1.807, 2.05) is 6.92 Å². The molecule has 0 fully saturated rings. The highest BCUT2D eigenvalue weighted by atomic mass is 35.5. The van der Waals surface area contributed by atoms with E-state index in [2.05, 4.69) is 5.32 Å². The van der Waals surface area contributed by atoms with E-state index in [9.17, 15) is 13.6 Å². The molecule has 23 heavy (non-hydrogen) atoms. The minimum atomic E-state index is -3.16. The van der Waals surface area contributed by atoms with E-state index in [0.29, 0.717) is 24.7 Å². The lowest BCUT2D eigenvalue weighted by Crippen LogP contribution is -2.41. The molecule has 5 nitrogen and oxygen atoms in total. The van der Waals surface area contributed by atoms with Gasteiger partial charge in [0, 0.05) is 5.56 Å². The van der Waals surface area contributed by atoms with E-state index in [4.69, 9.17) is 26.8 Å². The number of halogens is 3. The summed E-state index contributed by atoms with van der Waals surface area (Å²) < 4.78 is 37.1. The normalized spacial score (nSPS) is 11.2. The molecule has 0 aliphatic rings. The molecule has 0 aromatic heterocycles. The van der Waals surface area contributed by atoms with Crippen molar-refractivity contribution >= 4 is 17.5 Å². The van der Waals surface area contributed by atoms with E-state index in [1.165, 1.54) is 12.1 Å². The molecule has 0 radical (unpaired) electrons. The number of alkyl halides is 2. The van der Waals surface area contributed by atoms with E-state index < -0.39 is 24.9 Å². The third-order valence-corrected chi connectivity index (χ3v) is 3.11. The van der Waals surface area contributed by atoms with Crippen LogP contribution in [0.5, 0.6) is 11.5 Å². The molecule has 0 saturated heterocycles. The first kappa shape index (κ1) is 19.4. The fraction of sp³-hybridized carbons (Fsp3) is 0.533. The summed E-state index contributed by atoms with van der Waals surface area (Å²) >= 11 is 6.11. The number of nitrogens with two attached hydrogens (primary N) is 1. The molecule has 0 bridgehead atoms. The van der Waals surface area contributed by atoms with Crippen molar-refractivity contribution in [2.45, 2.75) is 26.2 Å². The van der Waals surface area contributed by atoms with Gasteiger partial charge in [-0.05, 0) is 25.5 Å². The zero-order valence-corrected chi connectivity index (χ0v) is 13.9. The summed E-state index contributed by atoms with van der Waals surface area (Å²) in [6, 6.07) is 2.77. The number of benzene rings is 1. The highest BCUT2D eigenvalue weighted by Gasteiger charge is 2.27. The Morgan fingerprint density at radius 1 is 1.35 bits per heavy atom. The highest BCUT2D eigenvalue weighted by Crippen LogP contribution is 2.36. The first-order valence-electron chi connectivity index (χ1n) is 7.29. The lowest BCUT2D eigenvalue weighted by molar-refractivity contribution is 0.0118. The number of rotatable bonds is 9. The number of carbonyl (C=O) groups is 1. The molecule has 0 aliphatic heterocycles. The van der Waals surface area contributed by atoms with Crippen molar-refractivity contribution in [1.82, 2.24) is 5.32 Å². The fourth-order valence-electron chi connectivity index (χ4n) is 1.69. The average Bonchev–Trinajstić information content (AvgIpc) is 2.52. The van der Waals surface area contributed by atoms with Crippen LogP contribution in [0.2, 0.25) is 5.02 Å². The Bertz CT molecular complexity index is 542. The molecule has 1 rings (SSSR count). The molecule has 0 heterocycles. The monoisotopic (exact) mass is 350 g/mol. The quantitative estimate of drug-likeness (QED) is 0.718. The van der Waals surface area contributed by atoms with Crippen LogP contribution in [-0.4, -0.2) is 38.1 Å². The molecule has 3 N–H and O–H groups in total. The van der Waals surface area contributed by atoms with Gasteiger partial charge in [0.15, 0.2) is 11.5 Å². The molecular weight excluding hydrogens is 330 g/mol. The van der Waals surface area contributed by atoms with Crippen LogP contribution in [0.4, 0.5) is 8.78 Å². The maximum atomic E-state index is 13.1. The fourth-order valence-corrected chi connectivity index (χ4v) is 1.96. The minimum Gasteiger partial charge on any atom is -0.490 e. The van der Waals surface area contributed by atoms with E-state index in [0.717, 1.165) is 6.42 Å². The van der Waals surface area contributed by atoms with Crippen LogP contribution in [0.25, 0.3) is 0 Å². The van der Waals surface area contributed by atoms with Crippen LogP contribution < -0.4 is 20.5 Å². The van der Waals surface area contributed by atoms with Crippen LogP contribution in [-0.2, 0) is 0 Å². The summed E-state index contributed by atoms with van der Waals surface area (Å²) in [6.45, 7) is 2.79. The number of hydrogen-bond donors (Lipinski definition) is 2. The van der Waals surface area contributed by atoms with Gasteiger partial charge in [-0.3, -0.25) is 4.79 Å². The predicted octanol–water partition coefficient (Wildman–Crippen LogP) is 2.85. The van der Waals surface area contributed by atoms with E-state index in [-0.39, 0.29) is 10.6 Å². The van der Waals surface area contributed by atoms with Crippen molar-refractivity contribution in [3.05, 3.63) is 22.7 Å². The highest BCUT2D eigenvalue weighted by molar-refractivity contribution is 6.32. The van der Waals surface area contributed by atoms with Gasteiger partial charge in [0.1, 0.15) is 0 Å². The maximum absolute atomic E-state index is 13.1. The van der Waals surface area contributed by atoms with Gasteiger partial charge in [-0.1, -0.05) is 18.5 Å². The van der Waals surface area contributed by atoms with Gasteiger partial charge in [0.25, 0.3) is 11.8 Å². The molecular formula is C15H21ClF2N2O3. The molecule has 0 spiro atoms. The predicted molar refractivity (Wildman–Crippen MR) is 84.7 cm³/mol. The minimum absolute atomic E-state index is 0.107. The van der Waals surface area contributed by atoms with Crippen molar-refractivity contribution < 1.29 is 23.0 Å². The molecule has 1 amide bonds. The SMILES string of the molecule is CCCOc1c(Cl)cc(C(=O)NCC(F)(F)CN)cc1OCC.